The molecule has 4 heteroatoms. The van der Waals surface area contributed by atoms with Crippen LogP contribution in [0.1, 0.15) is 5.56 Å². The molecule has 0 N–H and O–H groups in total. The summed E-state index contributed by atoms with van der Waals surface area (Å²) in [6, 6.07) is 4.86. The Morgan fingerprint density at radius 3 is 3.00 bits per heavy atom. The van der Waals surface area contributed by atoms with Crippen molar-refractivity contribution < 1.29 is 4.39 Å². The summed E-state index contributed by atoms with van der Waals surface area (Å²) in [4.78, 5) is 3.66. The summed E-state index contributed by atoms with van der Waals surface area (Å²) in [7, 11) is 1.79. The van der Waals surface area contributed by atoms with E-state index in [-0.39, 0.29) is 0 Å². The molecule has 0 aliphatic carbocycles. The Labute approximate surface area is 74.0 Å². The minimum atomic E-state index is -0.560. The zero-order valence-electron chi connectivity index (χ0n) is 6.95. The van der Waals surface area contributed by atoms with Gasteiger partial charge in [0, 0.05) is 13.2 Å². The lowest BCUT2D eigenvalue weighted by molar-refractivity contribution is 0.589. The van der Waals surface area contributed by atoms with Gasteiger partial charge in [0.05, 0.1) is 11.1 Å². The molecule has 0 atom stereocenters. The number of nitriles is 1. The second kappa shape index (κ2) is 2.56. The summed E-state index contributed by atoms with van der Waals surface area (Å²) in [5, 5.41) is 8.71. The molecule has 2 aromatic heterocycles. The van der Waals surface area contributed by atoms with Gasteiger partial charge in [-0.05, 0) is 12.1 Å². The number of rotatable bonds is 0. The summed E-state index contributed by atoms with van der Waals surface area (Å²) in [5.41, 5.74) is 1.58. The molecule has 0 aliphatic rings. The third-order valence-electron chi connectivity index (χ3n) is 1.92. The van der Waals surface area contributed by atoms with E-state index in [0.29, 0.717) is 11.1 Å². The van der Waals surface area contributed by atoms with Crippen molar-refractivity contribution in [2.24, 2.45) is 7.05 Å². The smallest absolute Gasteiger partial charge is 0.213 e. The van der Waals surface area contributed by atoms with Crippen LogP contribution in [0.25, 0.3) is 11.0 Å². The maximum atomic E-state index is 12.7. The van der Waals surface area contributed by atoms with Crippen LogP contribution in [0.5, 0.6) is 0 Å². The molecule has 0 spiro atoms. The number of halogens is 1. The van der Waals surface area contributed by atoms with E-state index in [2.05, 4.69) is 4.98 Å². The van der Waals surface area contributed by atoms with E-state index in [4.69, 9.17) is 5.26 Å². The highest BCUT2D eigenvalue weighted by Gasteiger charge is 2.07. The highest BCUT2D eigenvalue weighted by molar-refractivity contribution is 5.82. The van der Waals surface area contributed by atoms with Gasteiger partial charge in [-0.2, -0.15) is 9.65 Å². The first-order chi connectivity index (χ1) is 6.22. The summed E-state index contributed by atoms with van der Waals surface area (Å²) >= 11 is 0. The van der Waals surface area contributed by atoms with Crippen LogP contribution in [0.3, 0.4) is 0 Å². The summed E-state index contributed by atoms with van der Waals surface area (Å²) < 4.78 is 14.5. The van der Waals surface area contributed by atoms with Crippen molar-refractivity contribution in [1.82, 2.24) is 9.55 Å². The SMILES string of the molecule is Cn1cc(C#N)c2nc(F)ccc21. The van der Waals surface area contributed by atoms with Crippen LogP contribution in [0, 0.1) is 17.3 Å². The van der Waals surface area contributed by atoms with E-state index < -0.39 is 5.95 Å². The fourth-order valence-corrected chi connectivity index (χ4v) is 1.32. The zero-order chi connectivity index (χ0) is 9.42. The van der Waals surface area contributed by atoms with E-state index in [9.17, 15) is 4.39 Å². The van der Waals surface area contributed by atoms with Gasteiger partial charge in [0.1, 0.15) is 11.6 Å². The highest BCUT2D eigenvalue weighted by atomic mass is 19.1. The second-order valence-electron chi connectivity index (χ2n) is 2.77. The molecular weight excluding hydrogens is 169 g/mol. The largest absolute Gasteiger partial charge is 0.348 e. The molecule has 0 amide bonds. The van der Waals surface area contributed by atoms with Crippen LogP contribution < -0.4 is 0 Å². The number of hydrogen-bond acceptors (Lipinski definition) is 2. The summed E-state index contributed by atoms with van der Waals surface area (Å²) in [6.07, 6.45) is 1.64. The summed E-state index contributed by atoms with van der Waals surface area (Å²) in [6.45, 7) is 0. The monoisotopic (exact) mass is 175 g/mol. The van der Waals surface area contributed by atoms with Crippen molar-refractivity contribution >= 4 is 11.0 Å². The fourth-order valence-electron chi connectivity index (χ4n) is 1.32. The first kappa shape index (κ1) is 7.74. The van der Waals surface area contributed by atoms with Gasteiger partial charge in [-0.15, -0.1) is 0 Å². The average molecular weight is 175 g/mol. The molecule has 2 heterocycles. The van der Waals surface area contributed by atoms with Crippen molar-refractivity contribution in [3.63, 3.8) is 0 Å². The number of aromatic nitrogens is 2. The Morgan fingerprint density at radius 1 is 1.54 bits per heavy atom. The minimum absolute atomic E-state index is 0.400. The van der Waals surface area contributed by atoms with Crippen LogP contribution in [0.2, 0.25) is 0 Å². The molecular formula is C9H6FN3. The number of nitrogens with zero attached hydrogens (tertiary/aromatic N) is 3. The third-order valence-corrected chi connectivity index (χ3v) is 1.92. The Hall–Kier alpha value is -1.89. The van der Waals surface area contributed by atoms with Gasteiger partial charge in [0.15, 0.2) is 0 Å². The Balaban J connectivity index is 2.91. The van der Waals surface area contributed by atoms with E-state index in [1.807, 2.05) is 6.07 Å². The van der Waals surface area contributed by atoms with E-state index in [0.717, 1.165) is 5.52 Å². The summed E-state index contributed by atoms with van der Waals surface area (Å²) in [5.74, 6) is -0.560. The van der Waals surface area contributed by atoms with Crippen LogP contribution >= 0.6 is 0 Å². The van der Waals surface area contributed by atoms with Crippen LogP contribution in [-0.2, 0) is 7.05 Å². The Morgan fingerprint density at radius 2 is 2.31 bits per heavy atom. The molecule has 0 aliphatic heterocycles. The van der Waals surface area contributed by atoms with E-state index in [1.54, 1.807) is 23.9 Å². The van der Waals surface area contributed by atoms with Gasteiger partial charge in [-0.1, -0.05) is 0 Å². The van der Waals surface area contributed by atoms with E-state index in [1.165, 1.54) is 6.07 Å². The normalized spacial score (nSPS) is 10.2. The molecule has 0 aromatic carbocycles. The maximum Gasteiger partial charge on any atom is 0.213 e. The molecule has 13 heavy (non-hydrogen) atoms. The number of aryl methyl sites for hydroxylation is 1. The van der Waals surface area contributed by atoms with Gasteiger partial charge in [0.25, 0.3) is 0 Å². The maximum absolute atomic E-state index is 12.7. The number of fused-ring (bicyclic) bond motifs is 1. The van der Waals surface area contributed by atoms with Crippen molar-refractivity contribution in [2.75, 3.05) is 0 Å². The Kier molecular flexibility index (Phi) is 1.52. The van der Waals surface area contributed by atoms with Gasteiger partial charge in [-0.3, -0.25) is 0 Å². The Bertz CT molecular complexity index is 507. The van der Waals surface area contributed by atoms with Crippen molar-refractivity contribution in [3.05, 3.63) is 29.8 Å². The van der Waals surface area contributed by atoms with Gasteiger partial charge in [0.2, 0.25) is 5.95 Å². The molecule has 0 saturated heterocycles. The van der Waals surface area contributed by atoms with Gasteiger partial charge in [-0.25, -0.2) is 4.98 Å². The molecule has 2 aromatic rings. The van der Waals surface area contributed by atoms with Gasteiger partial charge >= 0.3 is 0 Å². The average Bonchev–Trinajstić information content (AvgIpc) is 2.42. The van der Waals surface area contributed by atoms with Crippen LogP contribution in [0.15, 0.2) is 18.3 Å². The van der Waals surface area contributed by atoms with Crippen molar-refractivity contribution in [2.45, 2.75) is 0 Å². The predicted octanol–water partition coefficient (Wildman–Crippen LogP) is 1.58. The lowest BCUT2D eigenvalue weighted by Gasteiger charge is -1.93. The third kappa shape index (κ3) is 1.05. The second-order valence-corrected chi connectivity index (χ2v) is 2.77. The molecule has 0 radical (unpaired) electrons. The molecule has 0 bridgehead atoms. The van der Waals surface area contributed by atoms with E-state index >= 15 is 0 Å². The number of pyridine rings is 1. The first-order valence-corrected chi connectivity index (χ1v) is 3.74. The van der Waals surface area contributed by atoms with Crippen LogP contribution in [0.4, 0.5) is 4.39 Å². The standard InChI is InChI=1S/C9H6FN3/c1-13-5-6(4-11)9-7(13)2-3-8(10)12-9/h2-3,5H,1H3. The highest BCUT2D eigenvalue weighted by Crippen LogP contribution is 2.17. The zero-order valence-corrected chi connectivity index (χ0v) is 6.95. The molecule has 0 saturated carbocycles. The lowest BCUT2D eigenvalue weighted by Crippen LogP contribution is -1.86. The quantitative estimate of drug-likeness (QED) is 0.570. The predicted molar refractivity (Wildman–Crippen MR) is 45.4 cm³/mol. The topological polar surface area (TPSA) is 41.6 Å². The first-order valence-electron chi connectivity index (χ1n) is 3.74. The molecule has 2 rings (SSSR count). The van der Waals surface area contributed by atoms with Crippen LogP contribution in [-0.4, -0.2) is 9.55 Å². The molecule has 3 nitrogen and oxygen atoms in total. The molecule has 64 valence electrons. The minimum Gasteiger partial charge on any atom is -0.348 e. The van der Waals surface area contributed by atoms with Crippen molar-refractivity contribution in [3.8, 4) is 6.07 Å². The molecule has 0 unspecified atom stereocenters. The number of hydrogen-bond donors (Lipinski definition) is 0. The van der Waals surface area contributed by atoms with Gasteiger partial charge < -0.3 is 4.57 Å². The fraction of sp³-hybridized carbons (Fsp3) is 0.111. The van der Waals surface area contributed by atoms with Crippen molar-refractivity contribution in [1.29, 1.82) is 5.26 Å². The molecule has 0 fully saturated rings. The lowest BCUT2D eigenvalue weighted by atomic mass is 10.3.